The summed E-state index contributed by atoms with van der Waals surface area (Å²) in [6.07, 6.45) is -4.27. The molecule has 2 aromatic rings. The molecule has 0 amide bonds. The van der Waals surface area contributed by atoms with Gasteiger partial charge in [-0.1, -0.05) is 23.7 Å². The van der Waals surface area contributed by atoms with E-state index in [1.54, 1.807) is 0 Å². The molecule has 0 saturated carbocycles. The second kappa shape index (κ2) is 8.81. The number of benzene rings is 1. The van der Waals surface area contributed by atoms with Gasteiger partial charge in [0.2, 0.25) is 0 Å². The van der Waals surface area contributed by atoms with Crippen LogP contribution in [0, 0.1) is 0 Å². The molecule has 0 bridgehead atoms. The van der Waals surface area contributed by atoms with Crippen LogP contribution in [-0.4, -0.2) is 55.6 Å². The highest BCUT2D eigenvalue weighted by Gasteiger charge is 2.43. The number of ether oxygens (including phenoxy) is 1. The molecule has 168 valence electrons. The molecule has 1 saturated heterocycles. The van der Waals surface area contributed by atoms with Crippen molar-refractivity contribution in [2.24, 2.45) is 0 Å². The fraction of sp³-hybridized carbons (Fsp3) is 0.444. The van der Waals surface area contributed by atoms with E-state index in [0.29, 0.717) is 18.9 Å². The summed E-state index contributed by atoms with van der Waals surface area (Å²) in [6, 6.07) is 7.79. The van der Waals surface area contributed by atoms with Crippen molar-refractivity contribution in [2.75, 3.05) is 13.1 Å². The zero-order valence-corrected chi connectivity index (χ0v) is 16.7. The van der Waals surface area contributed by atoms with Gasteiger partial charge >= 0.3 is 23.3 Å². The normalized spacial score (nSPS) is 20.8. The number of carbonyl (C=O) groups is 1. The molecule has 1 spiro atoms. The average molecular weight is 463 g/mol. The first kappa shape index (κ1) is 23.0. The van der Waals surface area contributed by atoms with E-state index in [9.17, 15) is 22.8 Å². The summed E-state index contributed by atoms with van der Waals surface area (Å²) in [7, 11) is 0. The van der Waals surface area contributed by atoms with Gasteiger partial charge in [0.25, 0.3) is 0 Å². The van der Waals surface area contributed by atoms with Crippen LogP contribution in [0.15, 0.2) is 33.9 Å². The van der Waals surface area contributed by atoms with Gasteiger partial charge in [0.05, 0.1) is 6.54 Å². The Morgan fingerprint density at radius 2 is 2.03 bits per heavy atom. The van der Waals surface area contributed by atoms with E-state index >= 15 is 0 Å². The lowest BCUT2D eigenvalue weighted by atomic mass is 10.0. The summed E-state index contributed by atoms with van der Waals surface area (Å²) >= 11 is 6.04. The van der Waals surface area contributed by atoms with Gasteiger partial charge in [0.1, 0.15) is 12.2 Å². The maximum absolute atomic E-state index is 12.1. The van der Waals surface area contributed by atoms with E-state index in [0.717, 1.165) is 30.1 Å². The van der Waals surface area contributed by atoms with Crippen LogP contribution in [-0.2, 0) is 29.2 Å². The average Bonchev–Trinajstić information content (AvgIpc) is 3.07. The molecule has 1 unspecified atom stereocenters. The summed E-state index contributed by atoms with van der Waals surface area (Å²) in [6.45, 7) is 2.95. The number of fused-ring (bicyclic) bond motifs is 1. The number of aliphatic carboxylic acids is 1. The number of nitrogens with one attached hydrogen (secondary N) is 1. The van der Waals surface area contributed by atoms with Crippen molar-refractivity contribution >= 4 is 17.6 Å². The number of likely N-dealkylation sites (tertiary alicyclic amines) is 1. The second-order valence-electron chi connectivity index (χ2n) is 7.23. The van der Waals surface area contributed by atoms with Crippen molar-refractivity contribution in [3.63, 3.8) is 0 Å². The zero-order valence-electron chi connectivity index (χ0n) is 16.0. The van der Waals surface area contributed by atoms with Gasteiger partial charge in [0, 0.05) is 24.7 Å². The highest BCUT2D eigenvalue weighted by atomic mass is 35.5. The van der Waals surface area contributed by atoms with Crippen LogP contribution >= 0.6 is 11.6 Å². The van der Waals surface area contributed by atoms with Crippen molar-refractivity contribution in [1.29, 1.82) is 0 Å². The van der Waals surface area contributed by atoms with Crippen LogP contribution in [0.1, 0.15) is 17.8 Å². The Bertz CT molecular complexity index is 1090. The molecule has 1 fully saturated rings. The van der Waals surface area contributed by atoms with Gasteiger partial charge in [-0.05, 0) is 24.1 Å². The number of nitrogens with zero attached hydrogens (tertiary/aromatic N) is 3. The first-order chi connectivity index (χ1) is 14.5. The third-order valence-corrected chi connectivity index (χ3v) is 5.16. The van der Waals surface area contributed by atoms with Gasteiger partial charge in [-0.25, -0.2) is 9.89 Å². The predicted octanol–water partition coefficient (Wildman–Crippen LogP) is 1.39. The van der Waals surface area contributed by atoms with Crippen LogP contribution in [0.2, 0.25) is 5.02 Å². The molecule has 9 nitrogen and oxygen atoms in total. The van der Waals surface area contributed by atoms with Gasteiger partial charge in [-0.3, -0.25) is 19.1 Å². The third kappa shape index (κ3) is 5.51. The van der Waals surface area contributed by atoms with Crippen molar-refractivity contribution in [3.8, 4) is 0 Å². The van der Waals surface area contributed by atoms with Crippen LogP contribution < -0.4 is 11.1 Å². The Balaban J connectivity index is 0.000000339. The van der Waals surface area contributed by atoms with Gasteiger partial charge < -0.3 is 9.84 Å². The predicted molar refractivity (Wildman–Crippen MR) is 102 cm³/mol. The van der Waals surface area contributed by atoms with Crippen LogP contribution in [0.3, 0.4) is 0 Å². The lowest BCUT2D eigenvalue weighted by Crippen LogP contribution is -2.51. The number of aromatic nitrogens is 3. The molecular formula is C18H18ClF3N4O5. The molecule has 0 aliphatic carbocycles. The molecule has 13 heteroatoms. The standard InChI is InChI=1S/C16H17ClN4O3.C2HF3O2/c17-12-3-1-2-11(6-12)7-20-5-4-16(9-20)10-21-13(8-24-16)18-19-14(22)15(21)23;3-2(4,5)1(6)7/h1-3,6H,4-5,7-10H2,(H,19,22);(H,6,7). The number of H-pyrrole nitrogens is 1. The molecule has 2 N–H and O–H groups in total. The van der Waals surface area contributed by atoms with Crippen molar-refractivity contribution in [1.82, 2.24) is 19.7 Å². The lowest BCUT2D eigenvalue weighted by molar-refractivity contribution is -0.192. The summed E-state index contributed by atoms with van der Waals surface area (Å²) in [4.78, 5) is 34.8. The van der Waals surface area contributed by atoms with E-state index in [1.165, 1.54) is 4.57 Å². The van der Waals surface area contributed by atoms with Crippen LogP contribution in [0.5, 0.6) is 0 Å². The summed E-state index contributed by atoms with van der Waals surface area (Å²) < 4.78 is 39.2. The number of halogens is 4. The Morgan fingerprint density at radius 1 is 1.32 bits per heavy atom. The molecule has 1 aromatic heterocycles. The summed E-state index contributed by atoms with van der Waals surface area (Å²) in [5.41, 5.74) is -0.545. The third-order valence-electron chi connectivity index (χ3n) is 4.92. The molecule has 4 rings (SSSR count). The quantitative estimate of drug-likeness (QED) is 0.648. The van der Waals surface area contributed by atoms with E-state index in [2.05, 4.69) is 15.1 Å². The molecule has 3 heterocycles. The zero-order chi connectivity index (χ0) is 22.8. The monoisotopic (exact) mass is 462 g/mol. The number of hydrogen-bond acceptors (Lipinski definition) is 6. The minimum atomic E-state index is -5.08. The Kier molecular flexibility index (Phi) is 6.53. The maximum atomic E-state index is 12.1. The first-order valence-corrected chi connectivity index (χ1v) is 9.46. The van der Waals surface area contributed by atoms with Crippen molar-refractivity contribution in [3.05, 3.63) is 61.4 Å². The summed E-state index contributed by atoms with van der Waals surface area (Å²) in [5.74, 6) is -2.29. The van der Waals surface area contributed by atoms with E-state index in [4.69, 9.17) is 26.2 Å². The topological polar surface area (TPSA) is 118 Å². The number of alkyl halides is 3. The fourth-order valence-corrected chi connectivity index (χ4v) is 3.70. The molecule has 1 atom stereocenters. The number of aromatic amines is 1. The smallest absolute Gasteiger partial charge is 0.475 e. The Hall–Kier alpha value is -2.70. The molecule has 0 radical (unpaired) electrons. The van der Waals surface area contributed by atoms with E-state index < -0.39 is 28.9 Å². The minimum Gasteiger partial charge on any atom is -0.475 e. The molecule has 31 heavy (non-hydrogen) atoms. The van der Waals surface area contributed by atoms with Gasteiger partial charge in [-0.15, -0.1) is 0 Å². The Morgan fingerprint density at radius 3 is 2.68 bits per heavy atom. The fourth-order valence-electron chi connectivity index (χ4n) is 3.49. The first-order valence-electron chi connectivity index (χ1n) is 9.08. The number of rotatable bonds is 2. The Labute approximate surface area is 178 Å². The van der Waals surface area contributed by atoms with E-state index in [-0.39, 0.29) is 6.61 Å². The highest BCUT2D eigenvalue weighted by Crippen LogP contribution is 2.31. The van der Waals surface area contributed by atoms with Crippen molar-refractivity contribution in [2.45, 2.75) is 37.9 Å². The number of hydrogen-bond donors (Lipinski definition) is 2. The maximum Gasteiger partial charge on any atom is 0.490 e. The van der Waals surface area contributed by atoms with Gasteiger partial charge in [0.15, 0.2) is 5.82 Å². The number of carboxylic acids is 1. The van der Waals surface area contributed by atoms with Crippen molar-refractivity contribution < 1.29 is 27.8 Å². The SMILES string of the molecule is O=C(O)C(F)(F)F.O=c1[nH]nc2n(c1=O)CC1(CCN(Cc3cccc(Cl)c3)C1)OC2. The van der Waals surface area contributed by atoms with Crippen LogP contribution in [0.25, 0.3) is 0 Å². The molecule has 1 aromatic carbocycles. The van der Waals surface area contributed by atoms with Crippen LogP contribution in [0.4, 0.5) is 13.2 Å². The van der Waals surface area contributed by atoms with Gasteiger partial charge in [-0.2, -0.15) is 18.3 Å². The molecule has 2 aliphatic rings. The molecule has 2 aliphatic heterocycles. The lowest BCUT2D eigenvalue weighted by Gasteiger charge is -2.34. The number of carboxylic acid groups (broad SMARTS) is 1. The highest BCUT2D eigenvalue weighted by molar-refractivity contribution is 6.30. The largest absolute Gasteiger partial charge is 0.490 e. The molecular weight excluding hydrogens is 445 g/mol. The minimum absolute atomic E-state index is 0.233. The second-order valence-corrected chi connectivity index (χ2v) is 7.66. The summed E-state index contributed by atoms with van der Waals surface area (Å²) in [5, 5.41) is 14.0. The van der Waals surface area contributed by atoms with E-state index in [1.807, 2.05) is 24.3 Å².